The molecular formula is C16H16N2O2S2. The maximum atomic E-state index is 12.2. The quantitative estimate of drug-likeness (QED) is 0.713. The van der Waals surface area contributed by atoms with Crippen molar-refractivity contribution in [3.05, 3.63) is 46.1 Å². The van der Waals surface area contributed by atoms with Gasteiger partial charge >= 0.3 is 6.01 Å². The minimum Gasteiger partial charge on any atom is -0.423 e. The summed E-state index contributed by atoms with van der Waals surface area (Å²) in [5.74, 6) is 0.953. The van der Waals surface area contributed by atoms with Crippen LogP contribution in [0.25, 0.3) is 21.4 Å². The zero-order valence-electron chi connectivity index (χ0n) is 12.4. The highest BCUT2D eigenvalue weighted by Gasteiger charge is 2.16. The number of hydrogen-bond acceptors (Lipinski definition) is 6. The molecule has 0 unspecified atom stereocenters. The first-order valence-electron chi connectivity index (χ1n) is 6.88. The van der Waals surface area contributed by atoms with Crippen LogP contribution in [0.5, 0.6) is 0 Å². The number of benzene rings is 1. The zero-order valence-corrected chi connectivity index (χ0v) is 14.0. The predicted octanol–water partition coefficient (Wildman–Crippen LogP) is 3.72. The minimum absolute atomic E-state index is 0.223. The SMILES string of the molecule is CSCCN(C)c1nc(=O)c2scc(-c3ccccc3)c2o1. The lowest BCUT2D eigenvalue weighted by Crippen LogP contribution is -2.23. The van der Waals surface area contributed by atoms with E-state index < -0.39 is 0 Å². The molecule has 3 aromatic rings. The van der Waals surface area contributed by atoms with Gasteiger partial charge in [-0.15, -0.1) is 11.3 Å². The van der Waals surface area contributed by atoms with Crippen LogP contribution in [0.3, 0.4) is 0 Å². The van der Waals surface area contributed by atoms with Gasteiger partial charge in [-0.1, -0.05) is 30.3 Å². The van der Waals surface area contributed by atoms with E-state index in [-0.39, 0.29) is 5.56 Å². The van der Waals surface area contributed by atoms with Crippen molar-refractivity contribution in [2.45, 2.75) is 0 Å². The summed E-state index contributed by atoms with van der Waals surface area (Å²) in [6, 6.07) is 10.3. The number of hydrogen-bond donors (Lipinski definition) is 0. The Kier molecular flexibility index (Phi) is 4.49. The Balaban J connectivity index is 2.10. The van der Waals surface area contributed by atoms with Crippen LogP contribution in [0.2, 0.25) is 0 Å². The lowest BCUT2D eigenvalue weighted by Gasteiger charge is -2.15. The molecule has 0 radical (unpaired) electrons. The molecule has 6 heteroatoms. The molecule has 0 bridgehead atoms. The molecule has 0 N–H and O–H groups in total. The van der Waals surface area contributed by atoms with E-state index in [0.717, 1.165) is 23.4 Å². The molecule has 0 aliphatic rings. The maximum absolute atomic E-state index is 12.2. The van der Waals surface area contributed by atoms with Gasteiger partial charge in [0.2, 0.25) is 0 Å². The largest absolute Gasteiger partial charge is 0.423 e. The van der Waals surface area contributed by atoms with Crippen LogP contribution in [0.15, 0.2) is 44.9 Å². The molecular weight excluding hydrogens is 316 g/mol. The average Bonchev–Trinajstić information content (AvgIpc) is 2.98. The molecule has 0 saturated carbocycles. The fraction of sp³-hybridized carbons (Fsp3) is 0.250. The van der Waals surface area contributed by atoms with Crippen molar-refractivity contribution in [3.8, 4) is 11.1 Å². The van der Waals surface area contributed by atoms with Gasteiger partial charge in [0.15, 0.2) is 5.58 Å². The van der Waals surface area contributed by atoms with Crippen molar-refractivity contribution in [2.24, 2.45) is 0 Å². The van der Waals surface area contributed by atoms with Crippen molar-refractivity contribution >= 4 is 39.4 Å². The molecule has 4 nitrogen and oxygen atoms in total. The third-order valence-corrected chi connectivity index (χ3v) is 4.91. The number of rotatable bonds is 5. The number of fused-ring (bicyclic) bond motifs is 1. The van der Waals surface area contributed by atoms with E-state index in [9.17, 15) is 4.79 Å². The molecule has 0 aliphatic heterocycles. The number of thiophene rings is 1. The van der Waals surface area contributed by atoms with Crippen LogP contribution in [-0.2, 0) is 0 Å². The van der Waals surface area contributed by atoms with Gasteiger partial charge in [-0.2, -0.15) is 16.7 Å². The number of nitrogens with zero attached hydrogens (tertiary/aromatic N) is 2. The van der Waals surface area contributed by atoms with Crippen molar-refractivity contribution in [1.29, 1.82) is 0 Å². The standard InChI is InChI=1S/C16H16N2O2S2/c1-18(8-9-21-2)16-17-15(19)14-13(20-16)12(10-22-14)11-6-4-3-5-7-11/h3-7,10H,8-9H2,1-2H3. The molecule has 3 rings (SSSR count). The van der Waals surface area contributed by atoms with Gasteiger partial charge in [-0.25, -0.2) is 0 Å². The summed E-state index contributed by atoms with van der Waals surface area (Å²) >= 11 is 3.13. The number of anilines is 1. The van der Waals surface area contributed by atoms with Crippen molar-refractivity contribution in [3.63, 3.8) is 0 Å². The molecule has 0 atom stereocenters. The summed E-state index contributed by atoms with van der Waals surface area (Å²) in [4.78, 5) is 18.2. The molecule has 0 saturated heterocycles. The molecule has 0 aliphatic carbocycles. The second-order valence-electron chi connectivity index (χ2n) is 4.89. The van der Waals surface area contributed by atoms with E-state index in [1.807, 2.05) is 53.9 Å². The topological polar surface area (TPSA) is 46.3 Å². The highest BCUT2D eigenvalue weighted by Crippen LogP contribution is 2.33. The lowest BCUT2D eigenvalue weighted by molar-refractivity contribution is 0.567. The molecule has 2 aromatic heterocycles. The van der Waals surface area contributed by atoms with Crippen LogP contribution in [-0.4, -0.2) is 30.6 Å². The van der Waals surface area contributed by atoms with Crippen LogP contribution >= 0.6 is 23.1 Å². The van der Waals surface area contributed by atoms with E-state index in [1.165, 1.54) is 11.3 Å². The number of thioether (sulfide) groups is 1. The molecule has 0 fully saturated rings. The van der Waals surface area contributed by atoms with Gasteiger partial charge in [-0.05, 0) is 11.8 Å². The van der Waals surface area contributed by atoms with E-state index in [1.54, 1.807) is 11.8 Å². The Bertz CT molecular complexity index is 827. The van der Waals surface area contributed by atoms with Crippen molar-refractivity contribution < 1.29 is 4.42 Å². The molecule has 0 spiro atoms. The predicted molar refractivity (Wildman–Crippen MR) is 95.2 cm³/mol. The fourth-order valence-corrected chi connectivity index (χ4v) is 3.49. The zero-order chi connectivity index (χ0) is 15.5. The van der Waals surface area contributed by atoms with E-state index in [4.69, 9.17) is 4.42 Å². The van der Waals surface area contributed by atoms with Crippen LogP contribution < -0.4 is 10.5 Å². The van der Waals surface area contributed by atoms with Gasteiger partial charge in [0.05, 0.1) is 0 Å². The second kappa shape index (κ2) is 6.54. The Morgan fingerprint density at radius 1 is 1.32 bits per heavy atom. The third-order valence-electron chi connectivity index (χ3n) is 3.37. The van der Waals surface area contributed by atoms with Gasteiger partial charge in [0, 0.05) is 30.3 Å². The monoisotopic (exact) mass is 332 g/mol. The first kappa shape index (κ1) is 15.1. The van der Waals surface area contributed by atoms with Gasteiger partial charge in [0.25, 0.3) is 5.56 Å². The lowest BCUT2D eigenvalue weighted by atomic mass is 10.1. The van der Waals surface area contributed by atoms with E-state index in [2.05, 4.69) is 4.98 Å². The summed E-state index contributed by atoms with van der Waals surface area (Å²) in [6.07, 6.45) is 2.05. The van der Waals surface area contributed by atoms with Crippen LogP contribution in [0.1, 0.15) is 0 Å². The normalized spacial score (nSPS) is 11.0. The number of aromatic nitrogens is 1. The summed E-state index contributed by atoms with van der Waals surface area (Å²) in [7, 11) is 1.89. The molecule has 0 amide bonds. The summed E-state index contributed by atoms with van der Waals surface area (Å²) < 4.78 is 6.51. The molecule has 2 heterocycles. The van der Waals surface area contributed by atoms with Crippen molar-refractivity contribution in [2.75, 3.05) is 30.5 Å². The highest BCUT2D eigenvalue weighted by molar-refractivity contribution is 7.98. The van der Waals surface area contributed by atoms with Crippen LogP contribution in [0.4, 0.5) is 6.01 Å². The second-order valence-corrected chi connectivity index (χ2v) is 6.75. The highest BCUT2D eigenvalue weighted by atomic mass is 32.2. The van der Waals surface area contributed by atoms with E-state index in [0.29, 0.717) is 16.3 Å². The Labute approximate surface area is 136 Å². The molecule has 114 valence electrons. The first-order chi connectivity index (χ1) is 10.7. The average molecular weight is 332 g/mol. The smallest absolute Gasteiger partial charge is 0.300 e. The fourth-order valence-electron chi connectivity index (χ4n) is 2.15. The summed E-state index contributed by atoms with van der Waals surface area (Å²) in [5.41, 5.74) is 2.39. The summed E-state index contributed by atoms with van der Waals surface area (Å²) in [6.45, 7) is 0.785. The van der Waals surface area contributed by atoms with Gasteiger partial charge < -0.3 is 9.32 Å². The van der Waals surface area contributed by atoms with E-state index >= 15 is 0 Å². The third kappa shape index (κ3) is 2.89. The first-order valence-corrected chi connectivity index (χ1v) is 9.16. The van der Waals surface area contributed by atoms with Gasteiger partial charge in [0.1, 0.15) is 4.70 Å². The van der Waals surface area contributed by atoms with Gasteiger partial charge in [-0.3, -0.25) is 4.79 Å². The minimum atomic E-state index is -0.223. The molecule has 22 heavy (non-hydrogen) atoms. The Morgan fingerprint density at radius 3 is 2.82 bits per heavy atom. The molecule has 1 aromatic carbocycles. The Hall–Kier alpha value is -1.79. The van der Waals surface area contributed by atoms with Crippen LogP contribution in [0, 0.1) is 0 Å². The van der Waals surface area contributed by atoms with Crippen molar-refractivity contribution in [1.82, 2.24) is 4.98 Å². The Morgan fingerprint density at radius 2 is 2.09 bits per heavy atom. The summed E-state index contributed by atoms with van der Waals surface area (Å²) in [5, 5.41) is 1.96. The maximum Gasteiger partial charge on any atom is 0.300 e.